The van der Waals surface area contributed by atoms with Gasteiger partial charge in [0.05, 0.1) is 57.0 Å². The van der Waals surface area contributed by atoms with E-state index in [0.29, 0.717) is 57.5 Å². The Bertz CT molecular complexity index is 2610. The zero-order valence-corrected chi connectivity index (χ0v) is 39.0. The number of alkyl halides is 6. The van der Waals surface area contributed by atoms with Crippen molar-refractivity contribution in [3.63, 3.8) is 0 Å². The SMILES string of the molecule is CC[C@@]12CC[C@](O)(C(F)(F)F)C[C@H]1CCOc1c2cc2cnn(-c3ccc(F)cc3)c2c1Br.CC[C@]12CC[C@@](O)(C(F)(F)F)C[C@@H]1CCOc1c2cc2cnn(-c3ccc(F)cc3)c2c1Br. The third-order valence-corrected chi connectivity index (χ3v) is 16.6. The van der Waals surface area contributed by atoms with Gasteiger partial charge in [-0.3, -0.25) is 0 Å². The molecule has 66 heavy (non-hydrogen) atoms. The molecular weight excluding hydrogens is 1010 g/mol. The van der Waals surface area contributed by atoms with E-state index in [4.69, 9.17) is 9.47 Å². The largest absolute Gasteiger partial charge is 0.492 e. The van der Waals surface area contributed by atoms with E-state index in [0.717, 1.165) is 32.9 Å². The van der Waals surface area contributed by atoms with E-state index in [2.05, 4.69) is 42.1 Å². The standard InChI is InChI=1S/2C24H23BrF4N2O2/c2*1-2-22-8-9-23(32,24(27,28)29)12-15(22)7-10-33-21-18(22)11-14-13-30-31(20(14)19(21)25)17-5-3-16(26)4-6-17/h2*3-6,11,13,15,32H,2,7-10,12H2,1H3/t2*15-,22-,23-/m10/s1. The van der Waals surface area contributed by atoms with Crippen LogP contribution in [-0.2, 0) is 10.8 Å². The molecule has 6 atom stereocenters. The predicted molar refractivity (Wildman–Crippen MR) is 238 cm³/mol. The molecule has 352 valence electrons. The zero-order chi connectivity index (χ0) is 47.2. The zero-order valence-electron chi connectivity index (χ0n) is 35.8. The minimum atomic E-state index is -4.66. The highest BCUT2D eigenvalue weighted by molar-refractivity contribution is 9.11. The van der Waals surface area contributed by atoms with E-state index in [1.165, 1.54) is 24.3 Å². The lowest BCUT2D eigenvalue weighted by Crippen LogP contribution is -2.54. The van der Waals surface area contributed by atoms with Gasteiger partial charge in [0.15, 0.2) is 11.2 Å². The van der Waals surface area contributed by atoms with Crippen molar-refractivity contribution in [3.8, 4) is 22.9 Å². The van der Waals surface area contributed by atoms with Crippen LogP contribution < -0.4 is 9.47 Å². The number of fused-ring (bicyclic) bond motifs is 8. The maximum Gasteiger partial charge on any atom is 0.417 e. The third kappa shape index (κ3) is 7.50. The summed E-state index contributed by atoms with van der Waals surface area (Å²) in [6.45, 7) is 4.48. The summed E-state index contributed by atoms with van der Waals surface area (Å²) < 4.78 is 126. The molecule has 4 aliphatic rings. The molecule has 8 nitrogen and oxygen atoms in total. The van der Waals surface area contributed by atoms with Crippen LogP contribution in [0.5, 0.6) is 11.5 Å². The summed E-state index contributed by atoms with van der Waals surface area (Å²) in [7, 11) is 0. The molecule has 2 aliphatic carbocycles. The average molecular weight is 1050 g/mol. The first kappa shape index (κ1) is 46.8. The van der Waals surface area contributed by atoms with Crippen LogP contribution in [0.1, 0.15) is 89.2 Å². The van der Waals surface area contributed by atoms with Crippen molar-refractivity contribution in [2.24, 2.45) is 11.8 Å². The summed E-state index contributed by atoms with van der Waals surface area (Å²) in [6.07, 6.45) is -4.75. The number of halogens is 10. The molecule has 0 amide bonds. The first-order valence-corrected chi connectivity index (χ1v) is 23.5. The maximum absolute atomic E-state index is 13.6. The lowest BCUT2D eigenvalue weighted by molar-refractivity contribution is -0.279. The van der Waals surface area contributed by atoms with E-state index in [9.17, 15) is 45.3 Å². The quantitative estimate of drug-likeness (QED) is 0.171. The molecule has 18 heteroatoms. The summed E-state index contributed by atoms with van der Waals surface area (Å²) >= 11 is 7.36. The Kier molecular flexibility index (Phi) is 11.9. The van der Waals surface area contributed by atoms with Crippen LogP contribution in [0.15, 0.2) is 82.0 Å². The molecule has 0 unspecified atom stereocenters. The highest BCUT2D eigenvalue weighted by Gasteiger charge is 2.62. The number of nitrogens with zero attached hydrogens (tertiary/aromatic N) is 4. The smallest absolute Gasteiger partial charge is 0.417 e. The normalized spacial score (nSPS) is 27.5. The van der Waals surface area contributed by atoms with Crippen LogP contribution in [-0.4, -0.2) is 66.5 Å². The third-order valence-electron chi connectivity index (χ3n) is 15.2. The number of benzene rings is 4. The fourth-order valence-corrected chi connectivity index (χ4v) is 12.9. The molecular formula is C48H46Br2F8N4O4. The molecule has 2 fully saturated rings. The number of hydrogen-bond donors (Lipinski definition) is 2. The van der Waals surface area contributed by atoms with Gasteiger partial charge in [0.1, 0.15) is 23.1 Å². The minimum absolute atomic E-state index is 0.213. The van der Waals surface area contributed by atoms with Crippen molar-refractivity contribution < 1.29 is 54.8 Å². The van der Waals surface area contributed by atoms with Gasteiger partial charge in [-0.15, -0.1) is 0 Å². The van der Waals surface area contributed by atoms with E-state index in [1.54, 1.807) is 46.0 Å². The van der Waals surface area contributed by atoms with Crippen LogP contribution in [0, 0.1) is 23.5 Å². The van der Waals surface area contributed by atoms with Gasteiger partial charge in [-0.25, -0.2) is 18.1 Å². The number of aliphatic hydroxyl groups is 2. The van der Waals surface area contributed by atoms with Gasteiger partial charge in [0.2, 0.25) is 0 Å². The predicted octanol–water partition coefficient (Wildman–Crippen LogP) is 12.9. The maximum atomic E-state index is 13.6. The van der Waals surface area contributed by atoms with Gasteiger partial charge in [0, 0.05) is 32.7 Å². The van der Waals surface area contributed by atoms with Gasteiger partial charge in [-0.05, 0) is 169 Å². The van der Waals surface area contributed by atoms with Gasteiger partial charge < -0.3 is 19.7 Å². The topological polar surface area (TPSA) is 94.6 Å². The highest BCUT2D eigenvalue weighted by atomic mass is 79.9. The van der Waals surface area contributed by atoms with Crippen LogP contribution in [0.2, 0.25) is 0 Å². The van der Waals surface area contributed by atoms with Crippen LogP contribution in [0.25, 0.3) is 33.2 Å². The number of aromatic nitrogens is 4. The lowest BCUT2D eigenvalue weighted by atomic mass is 9.57. The van der Waals surface area contributed by atoms with Gasteiger partial charge in [-0.2, -0.15) is 36.5 Å². The van der Waals surface area contributed by atoms with Gasteiger partial charge in [0.25, 0.3) is 0 Å². The molecule has 2 aliphatic heterocycles. The van der Waals surface area contributed by atoms with Gasteiger partial charge >= 0.3 is 12.4 Å². The summed E-state index contributed by atoms with van der Waals surface area (Å²) in [5, 5.41) is 31.5. The minimum Gasteiger partial charge on any atom is -0.492 e. The Labute approximate surface area is 391 Å². The Morgan fingerprint density at radius 3 is 1.32 bits per heavy atom. The number of rotatable bonds is 4. The molecule has 2 N–H and O–H groups in total. The lowest BCUT2D eigenvalue weighted by Gasteiger charge is -2.49. The van der Waals surface area contributed by atoms with Crippen molar-refractivity contribution in [2.75, 3.05) is 13.2 Å². The second-order valence-corrected chi connectivity index (χ2v) is 19.8. The summed E-state index contributed by atoms with van der Waals surface area (Å²) in [6, 6.07) is 15.9. The average Bonchev–Trinajstić information content (AvgIpc) is 3.82. The molecule has 2 aromatic heterocycles. The monoisotopic (exact) mass is 1050 g/mol. The van der Waals surface area contributed by atoms with Gasteiger partial charge in [-0.1, -0.05) is 13.8 Å². The summed E-state index contributed by atoms with van der Waals surface area (Å²) in [4.78, 5) is 0. The molecule has 0 radical (unpaired) electrons. The van der Waals surface area contributed by atoms with E-state index < -0.39 is 34.4 Å². The van der Waals surface area contributed by atoms with Crippen LogP contribution >= 0.6 is 31.9 Å². The summed E-state index contributed by atoms with van der Waals surface area (Å²) in [5.74, 6) is -0.236. The first-order valence-electron chi connectivity index (χ1n) is 22.0. The Morgan fingerprint density at radius 1 is 0.621 bits per heavy atom. The van der Waals surface area contributed by atoms with E-state index in [-0.39, 0.29) is 75.2 Å². The molecule has 10 rings (SSSR count). The highest BCUT2D eigenvalue weighted by Crippen LogP contribution is 2.60. The molecule has 0 saturated heterocycles. The molecule has 4 aromatic carbocycles. The Hall–Kier alpha value is -4.26. The Morgan fingerprint density at radius 2 is 0.985 bits per heavy atom. The molecule has 2 saturated carbocycles. The van der Waals surface area contributed by atoms with Crippen molar-refractivity contribution in [1.82, 2.24) is 19.6 Å². The van der Waals surface area contributed by atoms with E-state index >= 15 is 0 Å². The fraction of sp³-hybridized carbons (Fsp3) is 0.458. The van der Waals surface area contributed by atoms with E-state index in [1.807, 2.05) is 26.0 Å². The number of ether oxygens (including phenoxy) is 2. The number of hydrogen-bond acceptors (Lipinski definition) is 6. The van der Waals surface area contributed by atoms with Crippen molar-refractivity contribution in [3.05, 3.63) is 105 Å². The molecule has 0 bridgehead atoms. The molecule has 4 heterocycles. The molecule has 6 aromatic rings. The summed E-state index contributed by atoms with van der Waals surface area (Å²) in [5.41, 5.74) is -1.88. The second kappa shape index (κ2) is 16.8. The molecule has 0 spiro atoms. The Balaban J connectivity index is 0.000000166. The van der Waals surface area contributed by atoms with Crippen molar-refractivity contribution in [1.29, 1.82) is 0 Å². The first-order chi connectivity index (χ1) is 31.2. The fourth-order valence-electron chi connectivity index (χ4n) is 11.4. The van der Waals surface area contributed by atoms with Crippen LogP contribution in [0.3, 0.4) is 0 Å². The van der Waals surface area contributed by atoms with Crippen molar-refractivity contribution in [2.45, 2.75) is 112 Å². The van der Waals surface area contributed by atoms with Crippen LogP contribution in [0.4, 0.5) is 35.1 Å². The second-order valence-electron chi connectivity index (χ2n) is 18.2. The van der Waals surface area contributed by atoms with Crippen molar-refractivity contribution >= 4 is 53.7 Å².